The first kappa shape index (κ1) is 15.1. The van der Waals surface area contributed by atoms with Crippen molar-refractivity contribution in [1.82, 2.24) is 0 Å². The van der Waals surface area contributed by atoms with Crippen LogP contribution in [-0.4, -0.2) is 10.9 Å². The Balaban J connectivity index is 2.13. The molecule has 2 aromatic carbocycles. The van der Waals surface area contributed by atoms with E-state index in [4.69, 9.17) is 0 Å². The molecular formula is C14H12BrF2NOS. The molecule has 2 aromatic rings. The standard InChI is InChI=1S/C14H12BrF2NOS/c15-10-5-3-4-9(13(10)19)8-18-11-6-1-2-7-12(11)20-14(16)17/h1-7,14,18-19H,8H2. The zero-order valence-corrected chi connectivity index (χ0v) is 12.7. The maximum atomic E-state index is 12.5. The first-order chi connectivity index (χ1) is 9.58. The molecule has 0 atom stereocenters. The Bertz CT molecular complexity index is 595. The van der Waals surface area contributed by atoms with Crippen molar-refractivity contribution in [3.05, 3.63) is 52.5 Å². The predicted octanol–water partition coefficient (Wildman–Crippen LogP) is 5.08. The van der Waals surface area contributed by atoms with Crippen molar-refractivity contribution < 1.29 is 13.9 Å². The minimum Gasteiger partial charge on any atom is -0.506 e. The van der Waals surface area contributed by atoms with Crippen LogP contribution in [-0.2, 0) is 6.54 Å². The van der Waals surface area contributed by atoms with E-state index >= 15 is 0 Å². The first-order valence-electron chi connectivity index (χ1n) is 5.82. The number of nitrogens with one attached hydrogen (secondary N) is 1. The highest BCUT2D eigenvalue weighted by atomic mass is 79.9. The molecule has 0 fully saturated rings. The molecule has 0 radical (unpaired) electrons. The molecule has 6 heteroatoms. The van der Waals surface area contributed by atoms with Gasteiger partial charge in [-0.2, -0.15) is 8.78 Å². The van der Waals surface area contributed by atoms with Crippen LogP contribution in [0.5, 0.6) is 5.75 Å². The minimum absolute atomic E-state index is 0.152. The van der Waals surface area contributed by atoms with Gasteiger partial charge in [0.1, 0.15) is 5.75 Å². The van der Waals surface area contributed by atoms with Crippen molar-refractivity contribution in [2.45, 2.75) is 17.2 Å². The second kappa shape index (κ2) is 6.95. The fourth-order valence-corrected chi connectivity index (χ4v) is 2.73. The summed E-state index contributed by atoms with van der Waals surface area (Å²) in [5.74, 6) is -2.31. The number of anilines is 1. The number of hydrogen-bond donors (Lipinski definition) is 2. The fourth-order valence-electron chi connectivity index (χ4n) is 1.70. The van der Waals surface area contributed by atoms with Crippen LogP contribution >= 0.6 is 27.7 Å². The lowest BCUT2D eigenvalue weighted by atomic mass is 10.2. The summed E-state index contributed by atoms with van der Waals surface area (Å²) in [6.45, 7) is 0.353. The Kier molecular flexibility index (Phi) is 5.25. The van der Waals surface area contributed by atoms with E-state index in [0.717, 1.165) is 0 Å². The largest absolute Gasteiger partial charge is 0.506 e. The molecule has 2 rings (SSSR count). The van der Waals surface area contributed by atoms with E-state index in [0.29, 0.717) is 38.9 Å². The molecule has 2 N–H and O–H groups in total. The molecule has 0 bridgehead atoms. The van der Waals surface area contributed by atoms with E-state index in [1.807, 2.05) is 0 Å². The van der Waals surface area contributed by atoms with Crippen LogP contribution < -0.4 is 5.32 Å². The molecule has 0 aliphatic rings. The molecule has 0 unspecified atom stereocenters. The van der Waals surface area contributed by atoms with Crippen molar-refractivity contribution >= 4 is 33.4 Å². The lowest BCUT2D eigenvalue weighted by molar-refractivity contribution is 0.252. The van der Waals surface area contributed by atoms with Crippen LogP contribution in [0.15, 0.2) is 51.8 Å². The molecular weight excluding hydrogens is 348 g/mol. The molecule has 20 heavy (non-hydrogen) atoms. The van der Waals surface area contributed by atoms with Crippen molar-refractivity contribution in [2.24, 2.45) is 0 Å². The van der Waals surface area contributed by atoms with Crippen LogP contribution in [0.25, 0.3) is 0 Å². The third-order valence-electron chi connectivity index (χ3n) is 2.64. The van der Waals surface area contributed by atoms with Gasteiger partial charge in [0.2, 0.25) is 0 Å². The molecule has 0 spiro atoms. The van der Waals surface area contributed by atoms with Gasteiger partial charge < -0.3 is 10.4 Å². The Morgan fingerprint density at radius 2 is 1.90 bits per heavy atom. The first-order valence-corrected chi connectivity index (χ1v) is 7.49. The van der Waals surface area contributed by atoms with Gasteiger partial charge in [-0.15, -0.1) is 0 Å². The van der Waals surface area contributed by atoms with Crippen molar-refractivity contribution in [2.75, 3.05) is 5.32 Å². The smallest absolute Gasteiger partial charge is 0.288 e. The Hall–Kier alpha value is -1.27. The molecule has 0 aromatic heterocycles. The van der Waals surface area contributed by atoms with Gasteiger partial charge in [-0.1, -0.05) is 36.0 Å². The van der Waals surface area contributed by atoms with Crippen molar-refractivity contribution in [3.8, 4) is 5.75 Å². The molecule has 0 saturated heterocycles. The maximum absolute atomic E-state index is 12.5. The summed E-state index contributed by atoms with van der Waals surface area (Å²) in [6, 6.07) is 12.2. The van der Waals surface area contributed by atoms with Crippen LogP contribution in [0.4, 0.5) is 14.5 Å². The van der Waals surface area contributed by atoms with E-state index < -0.39 is 5.76 Å². The van der Waals surface area contributed by atoms with Gasteiger partial charge in [-0.25, -0.2) is 0 Å². The normalized spacial score (nSPS) is 10.8. The van der Waals surface area contributed by atoms with Gasteiger partial charge >= 0.3 is 0 Å². The van der Waals surface area contributed by atoms with Crippen LogP contribution in [0.1, 0.15) is 5.56 Å². The summed E-state index contributed by atoms with van der Waals surface area (Å²) >= 11 is 3.74. The Morgan fingerprint density at radius 3 is 2.65 bits per heavy atom. The number of phenols is 1. The quantitative estimate of drug-likeness (QED) is 0.730. The number of halogens is 3. The van der Waals surface area contributed by atoms with Crippen LogP contribution in [0.3, 0.4) is 0 Å². The Morgan fingerprint density at radius 1 is 1.15 bits per heavy atom. The molecule has 0 amide bonds. The molecule has 0 saturated carbocycles. The minimum atomic E-state index is -2.46. The lowest BCUT2D eigenvalue weighted by Crippen LogP contribution is -2.01. The lowest BCUT2D eigenvalue weighted by Gasteiger charge is -2.12. The summed E-state index contributed by atoms with van der Waals surface area (Å²) in [5, 5.41) is 12.9. The van der Waals surface area contributed by atoms with Crippen LogP contribution in [0, 0.1) is 0 Å². The summed E-state index contributed by atoms with van der Waals surface area (Å²) in [5.41, 5.74) is 1.31. The van der Waals surface area contributed by atoms with E-state index in [9.17, 15) is 13.9 Å². The molecule has 106 valence electrons. The van der Waals surface area contributed by atoms with Gasteiger partial charge in [0, 0.05) is 22.7 Å². The molecule has 2 nitrogen and oxygen atoms in total. The van der Waals surface area contributed by atoms with Gasteiger partial charge in [-0.3, -0.25) is 0 Å². The summed E-state index contributed by atoms with van der Waals surface area (Å²) in [6.07, 6.45) is 0. The average Bonchev–Trinajstić information content (AvgIpc) is 2.41. The van der Waals surface area contributed by atoms with E-state index in [1.165, 1.54) is 0 Å². The molecule has 0 heterocycles. The monoisotopic (exact) mass is 359 g/mol. The third-order valence-corrected chi connectivity index (χ3v) is 4.07. The van der Waals surface area contributed by atoms with Gasteiger partial charge in [0.25, 0.3) is 5.76 Å². The van der Waals surface area contributed by atoms with E-state index in [1.54, 1.807) is 42.5 Å². The second-order valence-corrected chi connectivity index (χ2v) is 5.86. The highest BCUT2D eigenvalue weighted by Gasteiger charge is 2.10. The van der Waals surface area contributed by atoms with Gasteiger partial charge in [-0.05, 0) is 34.1 Å². The van der Waals surface area contributed by atoms with Crippen molar-refractivity contribution in [1.29, 1.82) is 0 Å². The highest BCUT2D eigenvalue weighted by Crippen LogP contribution is 2.33. The summed E-state index contributed by atoms with van der Waals surface area (Å²) in [4.78, 5) is 0.483. The Labute approximate surface area is 128 Å². The summed E-state index contributed by atoms with van der Waals surface area (Å²) < 4.78 is 25.5. The fraction of sp³-hybridized carbons (Fsp3) is 0.143. The summed E-state index contributed by atoms with van der Waals surface area (Å²) in [7, 11) is 0. The number of benzene rings is 2. The van der Waals surface area contributed by atoms with Crippen LogP contribution in [0.2, 0.25) is 0 Å². The third kappa shape index (κ3) is 3.86. The average molecular weight is 360 g/mol. The molecule has 0 aliphatic carbocycles. The topological polar surface area (TPSA) is 32.3 Å². The maximum Gasteiger partial charge on any atom is 0.288 e. The number of aromatic hydroxyl groups is 1. The van der Waals surface area contributed by atoms with Gasteiger partial charge in [0.15, 0.2) is 0 Å². The number of hydrogen-bond acceptors (Lipinski definition) is 3. The number of rotatable bonds is 5. The second-order valence-electron chi connectivity index (χ2n) is 3.98. The zero-order valence-electron chi connectivity index (χ0n) is 10.3. The number of phenolic OH excluding ortho intramolecular Hbond substituents is 1. The number of alkyl halides is 2. The predicted molar refractivity (Wildman–Crippen MR) is 81.4 cm³/mol. The molecule has 0 aliphatic heterocycles. The SMILES string of the molecule is Oc1c(Br)cccc1CNc1ccccc1SC(F)F. The van der Waals surface area contributed by atoms with Crippen molar-refractivity contribution in [3.63, 3.8) is 0 Å². The van der Waals surface area contributed by atoms with E-state index in [2.05, 4.69) is 21.2 Å². The number of thioether (sulfide) groups is 1. The number of para-hydroxylation sites is 2. The van der Waals surface area contributed by atoms with E-state index in [-0.39, 0.29) is 5.75 Å². The zero-order chi connectivity index (χ0) is 14.5. The van der Waals surface area contributed by atoms with Gasteiger partial charge in [0.05, 0.1) is 4.47 Å². The highest BCUT2D eigenvalue weighted by molar-refractivity contribution is 9.10.